The van der Waals surface area contributed by atoms with Gasteiger partial charge in [-0.05, 0) is 48.2 Å². The van der Waals surface area contributed by atoms with Crippen LogP contribution in [-0.2, 0) is 13.1 Å². The minimum Gasteiger partial charge on any atom is -0.293 e. The second-order valence-electron chi connectivity index (χ2n) is 5.73. The highest BCUT2D eigenvalue weighted by Crippen LogP contribution is 2.23. The Kier molecular flexibility index (Phi) is 4.12. The zero-order valence-corrected chi connectivity index (χ0v) is 13.6. The Morgan fingerprint density at radius 1 is 1.22 bits per heavy atom. The molecule has 3 aromatic heterocycles. The van der Waals surface area contributed by atoms with Gasteiger partial charge in [-0.25, -0.2) is 0 Å². The van der Waals surface area contributed by atoms with Crippen LogP contribution >= 0.6 is 11.3 Å². The van der Waals surface area contributed by atoms with Gasteiger partial charge in [-0.3, -0.25) is 9.88 Å². The molecule has 4 rings (SSSR count). The maximum Gasteiger partial charge on any atom is 0.223 e. The van der Waals surface area contributed by atoms with Crippen molar-refractivity contribution in [2.75, 3.05) is 6.54 Å². The lowest BCUT2D eigenvalue weighted by atomic mass is 10.2. The average Bonchev–Trinajstić information content (AvgIpc) is 3.33. The average molecular weight is 326 g/mol. The third kappa shape index (κ3) is 3.30. The second-order valence-corrected chi connectivity index (χ2v) is 6.76. The van der Waals surface area contributed by atoms with Crippen molar-refractivity contribution >= 4 is 11.3 Å². The van der Waals surface area contributed by atoms with Crippen LogP contribution in [0.2, 0.25) is 0 Å². The van der Waals surface area contributed by atoms with Crippen LogP contribution in [0.15, 0.2) is 41.9 Å². The van der Waals surface area contributed by atoms with Gasteiger partial charge in [-0.1, -0.05) is 12.1 Å². The van der Waals surface area contributed by atoms with Crippen LogP contribution in [0.4, 0.5) is 0 Å². The summed E-state index contributed by atoms with van der Waals surface area (Å²) < 4.78 is 0. The summed E-state index contributed by atoms with van der Waals surface area (Å²) in [7, 11) is 0. The van der Waals surface area contributed by atoms with Crippen molar-refractivity contribution in [3.63, 3.8) is 0 Å². The highest BCUT2D eigenvalue weighted by Gasteiger charge is 2.26. The first kappa shape index (κ1) is 14.5. The van der Waals surface area contributed by atoms with Gasteiger partial charge in [-0.2, -0.15) is 4.80 Å². The topological polar surface area (TPSA) is 59.7 Å². The van der Waals surface area contributed by atoms with Gasteiger partial charge in [0.05, 0.1) is 6.54 Å². The fourth-order valence-corrected chi connectivity index (χ4v) is 3.75. The third-order valence-corrected chi connectivity index (χ3v) is 5.02. The molecule has 118 valence electrons. The van der Waals surface area contributed by atoms with E-state index < -0.39 is 0 Å². The molecule has 0 aromatic carbocycles. The molecule has 1 fully saturated rings. The van der Waals surface area contributed by atoms with Crippen molar-refractivity contribution < 1.29 is 0 Å². The molecule has 0 spiro atoms. The zero-order valence-electron chi connectivity index (χ0n) is 12.7. The SMILES string of the molecule is c1ccc(-c2nnn(C[C@H]3CCCN3Cc3cccs3)n2)nc1. The predicted molar refractivity (Wildman–Crippen MR) is 88.8 cm³/mol. The maximum absolute atomic E-state index is 4.48. The smallest absolute Gasteiger partial charge is 0.223 e. The molecule has 6 nitrogen and oxygen atoms in total. The summed E-state index contributed by atoms with van der Waals surface area (Å²) in [5, 5.41) is 15.0. The van der Waals surface area contributed by atoms with Gasteiger partial charge < -0.3 is 0 Å². The van der Waals surface area contributed by atoms with Crippen LogP contribution in [0.1, 0.15) is 17.7 Å². The molecule has 7 heteroatoms. The fourth-order valence-electron chi connectivity index (χ4n) is 3.02. The van der Waals surface area contributed by atoms with Gasteiger partial charge in [0.25, 0.3) is 0 Å². The number of rotatable bonds is 5. The first-order valence-electron chi connectivity index (χ1n) is 7.84. The molecular formula is C16H18N6S. The largest absolute Gasteiger partial charge is 0.293 e. The van der Waals surface area contributed by atoms with Crippen LogP contribution in [0, 0.1) is 0 Å². The highest BCUT2D eigenvalue weighted by molar-refractivity contribution is 7.09. The van der Waals surface area contributed by atoms with E-state index in [2.05, 4.69) is 42.8 Å². The van der Waals surface area contributed by atoms with E-state index in [0.29, 0.717) is 11.9 Å². The fraction of sp³-hybridized carbons (Fsp3) is 0.375. The van der Waals surface area contributed by atoms with Gasteiger partial charge in [0.15, 0.2) is 0 Å². The number of pyridine rings is 1. The predicted octanol–water partition coefficient (Wildman–Crippen LogP) is 2.46. The van der Waals surface area contributed by atoms with Crippen molar-refractivity contribution in [2.24, 2.45) is 0 Å². The summed E-state index contributed by atoms with van der Waals surface area (Å²) in [5.74, 6) is 0.591. The van der Waals surface area contributed by atoms with E-state index in [1.54, 1.807) is 11.0 Å². The van der Waals surface area contributed by atoms with E-state index in [4.69, 9.17) is 0 Å². The van der Waals surface area contributed by atoms with E-state index >= 15 is 0 Å². The Bertz CT molecular complexity index is 739. The molecule has 23 heavy (non-hydrogen) atoms. The van der Waals surface area contributed by atoms with Gasteiger partial charge >= 0.3 is 0 Å². The molecule has 0 N–H and O–H groups in total. The molecule has 1 aliphatic rings. The Labute approximate surface area is 138 Å². The van der Waals surface area contributed by atoms with Crippen LogP contribution < -0.4 is 0 Å². The molecule has 0 amide bonds. The van der Waals surface area contributed by atoms with E-state index in [0.717, 1.165) is 25.3 Å². The number of nitrogens with zero attached hydrogens (tertiary/aromatic N) is 6. The van der Waals surface area contributed by atoms with Gasteiger partial charge in [0.1, 0.15) is 5.69 Å². The van der Waals surface area contributed by atoms with Crippen molar-refractivity contribution in [2.45, 2.75) is 32.0 Å². The van der Waals surface area contributed by atoms with E-state index in [1.807, 2.05) is 29.5 Å². The number of aromatic nitrogens is 5. The van der Waals surface area contributed by atoms with Gasteiger partial charge in [0.2, 0.25) is 5.82 Å². The van der Waals surface area contributed by atoms with Crippen molar-refractivity contribution in [1.82, 2.24) is 30.1 Å². The molecule has 0 unspecified atom stereocenters. The molecule has 0 bridgehead atoms. The minimum absolute atomic E-state index is 0.475. The molecule has 0 saturated carbocycles. The third-order valence-electron chi connectivity index (χ3n) is 4.16. The van der Waals surface area contributed by atoms with Crippen LogP contribution in [0.3, 0.4) is 0 Å². The van der Waals surface area contributed by atoms with Crippen molar-refractivity contribution in [1.29, 1.82) is 0 Å². The number of tetrazole rings is 1. The summed E-state index contributed by atoms with van der Waals surface area (Å²) in [6.45, 7) is 2.94. The number of hydrogen-bond donors (Lipinski definition) is 0. The first-order chi connectivity index (χ1) is 11.4. The van der Waals surface area contributed by atoms with Gasteiger partial charge in [0, 0.05) is 23.7 Å². The lowest BCUT2D eigenvalue weighted by Gasteiger charge is -2.22. The Morgan fingerprint density at radius 3 is 3.04 bits per heavy atom. The van der Waals surface area contributed by atoms with Crippen LogP contribution in [-0.4, -0.2) is 42.7 Å². The number of likely N-dealkylation sites (tertiary alicyclic amines) is 1. The summed E-state index contributed by atoms with van der Waals surface area (Å²) >= 11 is 1.82. The van der Waals surface area contributed by atoms with E-state index in [1.165, 1.54) is 17.7 Å². The number of hydrogen-bond acceptors (Lipinski definition) is 6. The quantitative estimate of drug-likeness (QED) is 0.721. The molecule has 1 saturated heterocycles. The Balaban J connectivity index is 1.44. The molecule has 1 aliphatic heterocycles. The molecular weight excluding hydrogens is 308 g/mol. The Morgan fingerprint density at radius 2 is 2.22 bits per heavy atom. The van der Waals surface area contributed by atoms with Crippen LogP contribution in [0.25, 0.3) is 11.5 Å². The summed E-state index contributed by atoms with van der Waals surface area (Å²) in [4.78, 5) is 9.92. The Hall–Kier alpha value is -2.12. The summed E-state index contributed by atoms with van der Waals surface area (Å²) in [5.41, 5.74) is 0.764. The zero-order chi connectivity index (χ0) is 15.5. The minimum atomic E-state index is 0.475. The highest BCUT2D eigenvalue weighted by atomic mass is 32.1. The summed E-state index contributed by atoms with van der Waals surface area (Å²) in [6, 6.07) is 10.5. The summed E-state index contributed by atoms with van der Waals surface area (Å²) in [6.07, 6.45) is 4.17. The maximum atomic E-state index is 4.48. The lowest BCUT2D eigenvalue weighted by Crippen LogP contribution is -2.33. The monoisotopic (exact) mass is 326 g/mol. The van der Waals surface area contributed by atoms with Crippen molar-refractivity contribution in [3.05, 3.63) is 46.8 Å². The first-order valence-corrected chi connectivity index (χ1v) is 8.72. The number of thiophene rings is 1. The molecule has 0 radical (unpaired) electrons. The van der Waals surface area contributed by atoms with Gasteiger partial charge in [-0.15, -0.1) is 21.5 Å². The van der Waals surface area contributed by atoms with Crippen LogP contribution in [0.5, 0.6) is 0 Å². The molecule has 1 atom stereocenters. The second kappa shape index (κ2) is 6.55. The molecule has 3 aromatic rings. The van der Waals surface area contributed by atoms with E-state index in [-0.39, 0.29) is 0 Å². The molecule has 0 aliphatic carbocycles. The normalized spacial score (nSPS) is 18.5. The van der Waals surface area contributed by atoms with E-state index in [9.17, 15) is 0 Å². The molecule has 4 heterocycles. The van der Waals surface area contributed by atoms with Crippen molar-refractivity contribution in [3.8, 4) is 11.5 Å². The lowest BCUT2D eigenvalue weighted by molar-refractivity contribution is 0.213. The standard InChI is InChI=1S/C16H18N6S/c1-2-8-17-15(7-1)16-18-20-22(19-16)11-13-5-3-9-21(13)12-14-6-4-10-23-14/h1-2,4,6-8,10,13H,3,5,9,11-12H2/t13-/m1/s1.